The van der Waals surface area contributed by atoms with Crippen molar-refractivity contribution in [2.45, 2.75) is 38.1 Å². The molecule has 1 aromatic carbocycles. The zero-order valence-electron chi connectivity index (χ0n) is 14.9. The van der Waals surface area contributed by atoms with Crippen LogP contribution in [0.15, 0.2) is 24.3 Å². The van der Waals surface area contributed by atoms with E-state index in [9.17, 15) is 9.59 Å². The Kier molecular flexibility index (Phi) is 5.79. The Morgan fingerprint density at radius 3 is 2.24 bits per heavy atom. The molecule has 0 aromatic heterocycles. The minimum atomic E-state index is -0.323. The first-order valence-electron chi connectivity index (χ1n) is 9.16. The molecular formula is C19H27N3O3. The summed E-state index contributed by atoms with van der Waals surface area (Å²) in [5, 5.41) is 3.19. The number of rotatable bonds is 3. The number of carbonyl (C=O) groups is 2. The lowest BCUT2D eigenvalue weighted by atomic mass is 9.96. The van der Waals surface area contributed by atoms with Crippen molar-refractivity contribution >= 4 is 17.7 Å². The Labute approximate surface area is 149 Å². The lowest BCUT2D eigenvalue weighted by Gasteiger charge is -2.37. The van der Waals surface area contributed by atoms with Crippen LogP contribution in [-0.4, -0.2) is 56.2 Å². The molecule has 0 unspecified atom stereocenters. The standard InChI is InChI=1S/C19H27N3O3/c1-25-18(23)15-7-9-17(10-8-15)21-11-13-22(14-12-21)19(24)20-16-5-3-2-4-6-16/h7-10,16H,2-6,11-14H2,1H3,(H,20,24). The van der Waals surface area contributed by atoms with Gasteiger partial charge in [-0.3, -0.25) is 0 Å². The number of ether oxygens (including phenoxy) is 1. The Bertz CT molecular complexity index is 588. The third kappa shape index (κ3) is 4.44. The fraction of sp³-hybridized carbons (Fsp3) is 0.579. The summed E-state index contributed by atoms with van der Waals surface area (Å²) >= 11 is 0. The summed E-state index contributed by atoms with van der Waals surface area (Å²) in [6.45, 7) is 3.04. The maximum atomic E-state index is 12.4. The molecule has 2 aliphatic rings. The van der Waals surface area contributed by atoms with Gasteiger partial charge in [-0.1, -0.05) is 19.3 Å². The number of methoxy groups -OCH3 is 1. The third-order valence-electron chi connectivity index (χ3n) is 5.15. The van der Waals surface area contributed by atoms with Crippen LogP contribution in [0.5, 0.6) is 0 Å². The molecule has 136 valence electrons. The van der Waals surface area contributed by atoms with E-state index in [0.717, 1.165) is 44.7 Å². The van der Waals surface area contributed by atoms with Gasteiger partial charge in [0.05, 0.1) is 12.7 Å². The van der Waals surface area contributed by atoms with Crippen molar-refractivity contribution in [1.29, 1.82) is 0 Å². The summed E-state index contributed by atoms with van der Waals surface area (Å²) < 4.78 is 4.72. The van der Waals surface area contributed by atoms with Crippen molar-refractivity contribution in [3.8, 4) is 0 Å². The number of urea groups is 1. The Morgan fingerprint density at radius 1 is 1.00 bits per heavy atom. The van der Waals surface area contributed by atoms with Crippen LogP contribution in [0.1, 0.15) is 42.5 Å². The van der Waals surface area contributed by atoms with Gasteiger partial charge in [0.2, 0.25) is 0 Å². The zero-order chi connectivity index (χ0) is 17.6. The summed E-state index contributed by atoms with van der Waals surface area (Å²) in [7, 11) is 1.38. The molecule has 2 amide bonds. The number of nitrogens with one attached hydrogen (secondary N) is 1. The molecule has 25 heavy (non-hydrogen) atoms. The van der Waals surface area contributed by atoms with Crippen LogP contribution in [0.2, 0.25) is 0 Å². The third-order valence-corrected chi connectivity index (χ3v) is 5.15. The van der Waals surface area contributed by atoms with Gasteiger partial charge in [0.1, 0.15) is 0 Å². The van der Waals surface area contributed by atoms with Crippen LogP contribution in [-0.2, 0) is 4.74 Å². The molecule has 0 spiro atoms. The Hall–Kier alpha value is -2.24. The first-order valence-corrected chi connectivity index (χ1v) is 9.16. The molecule has 1 saturated heterocycles. The van der Waals surface area contributed by atoms with Gasteiger partial charge < -0.3 is 19.9 Å². The van der Waals surface area contributed by atoms with Crippen LogP contribution in [0, 0.1) is 0 Å². The molecule has 1 aromatic rings. The smallest absolute Gasteiger partial charge is 0.337 e. The lowest BCUT2D eigenvalue weighted by molar-refractivity contribution is 0.0600. The number of hydrogen-bond acceptors (Lipinski definition) is 4. The van der Waals surface area contributed by atoms with Crippen LogP contribution >= 0.6 is 0 Å². The highest BCUT2D eigenvalue weighted by Gasteiger charge is 2.24. The number of carbonyl (C=O) groups excluding carboxylic acids is 2. The first kappa shape index (κ1) is 17.6. The van der Waals surface area contributed by atoms with E-state index in [2.05, 4.69) is 10.2 Å². The highest BCUT2D eigenvalue weighted by molar-refractivity contribution is 5.89. The largest absolute Gasteiger partial charge is 0.465 e. The molecule has 3 rings (SSSR count). The van der Waals surface area contributed by atoms with Gasteiger partial charge >= 0.3 is 12.0 Å². The molecule has 6 nitrogen and oxygen atoms in total. The highest BCUT2D eigenvalue weighted by atomic mass is 16.5. The van der Waals surface area contributed by atoms with E-state index in [4.69, 9.17) is 4.74 Å². The Morgan fingerprint density at radius 2 is 1.64 bits per heavy atom. The second-order valence-electron chi connectivity index (χ2n) is 6.80. The van der Waals surface area contributed by atoms with Crippen molar-refractivity contribution in [2.75, 3.05) is 38.2 Å². The van der Waals surface area contributed by atoms with Crippen LogP contribution in [0.3, 0.4) is 0 Å². The SMILES string of the molecule is COC(=O)c1ccc(N2CCN(C(=O)NC3CCCCC3)CC2)cc1. The van der Waals surface area contributed by atoms with E-state index in [0.29, 0.717) is 11.6 Å². The average Bonchev–Trinajstić information content (AvgIpc) is 2.68. The summed E-state index contributed by atoms with van der Waals surface area (Å²) in [6.07, 6.45) is 5.96. The van der Waals surface area contributed by atoms with E-state index < -0.39 is 0 Å². The van der Waals surface area contributed by atoms with Gasteiger partial charge in [0, 0.05) is 37.9 Å². The molecule has 1 aliphatic heterocycles. The van der Waals surface area contributed by atoms with Crippen molar-refractivity contribution in [3.05, 3.63) is 29.8 Å². The number of esters is 1. The van der Waals surface area contributed by atoms with E-state index in [1.807, 2.05) is 17.0 Å². The topological polar surface area (TPSA) is 61.9 Å². The molecule has 2 fully saturated rings. The zero-order valence-corrected chi connectivity index (χ0v) is 14.9. The first-order chi connectivity index (χ1) is 12.2. The second kappa shape index (κ2) is 8.23. The van der Waals surface area contributed by atoms with Crippen molar-refractivity contribution in [2.24, 2.45) is 0 Å². The van der Waals surface area contributed by atoms with Gasteiger partial charge in [-0.2, -0.15) is 0 Å². The van der Waals surface area contributed by atoms with Crippen LogP contribution in [0.4, 0.5) is 10.5 Å². The molecule has 1 saturated carbocycles. The fourth-order valence-corrected chi connectivity index (χ4v) is 3.61. The molecule has 0 radical (unpaired) electrons. The lowest BCUT2D eigenvalue weighted by Crippen LogP contribution is -2.53. The van der Waals surface area contributed by atoms with Gasteiger partial charge in [0.25, 0.3) is 0 Å². The van der Waals surface area contributed by atoms with Crippen molar-refractivity contribution < 1.29 is 14.3 Å². The molecule has 0 bridgehead atoms. The van der Waals surface area contributed by atoms with Gasteiger partial charge in [-0.15, -0.1) is 0 Å². The van der Waals surface area contributed by atoms with E-state index in [1.165, 1.54) is 26.4 Å². The monoisotopic (exact) mass is 345 g/mol. The Balaban J connectivity index is 1.49. The van der Waals surface area contributed by atoms with Crippen LogP contribution in [0.25, 0.3) is 0 Å². The second-order valence-corrected chi connectivity index (χ2v) is 6.80. The maximum Gasteiger partial charge on any atom is 0.337 e. The number of anilines is 1. The quantitative estimate of drug-likeness (QED) is 0.856. The molecular weight excluding hydrogens is 318 g/mol. The number of amides is 2. The summed E-state index contributed by atoms with van der Waals surface area (Å²) in [5.74, 6) is -0.323. The summed E-state index contributed by atoms with van der Waals surface area (Å²) in [4.78, 5) is 28.1. The molecule has 1 N–H and O–H groups in total. The van der Waals surface area contributed by atoms with E-state index in [1.54, 1.807) is 12.1 Å². The normalized spacial score (nSPS) is 18.8. The number of hydrogen-bond donors (Lipinski definition) is 1. The van der Waals surface area contributed by atoms with E-state index in [-0.39, 0.29) is 12.0 Å². The molecule has 1 heterocycles. The minimum absolute atomic E-state index is 0.0765. The number of piperazine rings is 1. The fourth-order valence-electron chi connectivity index (χ4n) is 3.61. The predicted octanol–water partition coefficient (Wildman–Crippen LogP) is 2.64. The molecule has 1 aliphatic carbocycles. The van der Waals surface area contributed by atoms with Gasteiger partial charge in [-0.25, -0.2) is 9.59 Å². The van der Waals surface area contributed by atoms with Crippen molar-refractivity contribution in [3.63, 3.8) is 0 Å². The number of benzene rings is 1. The van der Waals surface area contributed by atoms with Gasteiger partial charge in [0.15, 0.2) is 0 Å². The molecule has 6 heteroatoms. The summed E-state index contributed by atoms with van der Waals surface area (Å²) in [6, 6.07) is 7.86. The van der Waals surface area contributed by atoms with Crippen LogP contribution < -0.4 is 10.2 Å². The minimum Gasteiger partial charge on any atom is -0.465 e. The predicted molar refractivity (Wildman–Crippen MR) is 97.0 cm³/mol. The van der Waals surface area contributed by atoms with Crippen molar-refractivity contribution in [1.82, 2.24) is 10.2 Å². The highest BCUT2D eigenvalue weighted by Crippen LogP contribution is 2.19. The van der Waals surface area contributed by atoms with Gasteiger partial charge in [-0.05, 0) is 37.1 Å². The van der Waals surface area contributed by atoms with E-state index >= 15 is 0 Å². The average molecular weight is 345 g/mol. The summed E-state index contributed by atoms with van der Waals surface area (Å²) in [5.41, 5.74) is 1.62. The molecule has 0 atom stereocenters. The maximum absolute atomic E-state index is 12.4. The number of nitrogens with zero attached hydrogens (tertiary/aromatic N) is 2.